The zero-order valence-electron chi connectivity index (χ0n) is 14.2. The fourth-order valence-electron chi connectivity index (χ4n) is 2.46. The number of hydrogen-bond donors (Lipinski definition) is 1. The van der Waals surface area contributed by atoms with Gasteiger partial charge in [0.25, 0.3) is 11.7 Å². The molecule has 6 heteroatoms. The molecule has 1 heterocycles. The minimum Gasteiger partial charge on any atom is -0.462 e. The maximum Gasteiger partial charge on any atom is 0.340 e. The van der Waals surface area contributed by atoms with E-state index in [1.165, 1.54) is 19.0 Å². The van der Waals surface area contributed by atoms with E-state index >= 15 is 0 Å². The van der Waals surface area contributed by atoms with Crippen LogP contribution in [0.4, 0.5) is 0 Å². The average Bonchev–Trinajstić information content (AvgIpc) is 2.91. The quantitative estimate of drug-likeness (QED) is 0.519. The number of esters is 1. The first kappa shape index (κ1) is 17.5. The number of rotatable bonds is 5. The monoisotopic (exact) mass is 328 g/mol. The van der Waals surface area contributed by atoms with Gasteiger partial charge in [-0.3, -0.25) is 9.59 Å². The maximum absolute atomic E-state index is 12.6. The van der Waals surface area contributed by atoms with Gasteiger partial charge in [-0.2, -0.15) is 0 Å². The first-order chi connectivity index (χ1) is 11.4. The Kier molecular flexibility index (Phi) is 5.18. The van der Waals surface area contributed by atoms with Gasteiger partial charge in [0.1, 0.15) is 5.69 Å². The zero-order valence-corrected chi connectivity index (χ0v) is 14.2. The van der Waals surface area contributed by atoms with Gasteiger partial charge in [-0.05, 0) is 19.4 Å². The van der Waals surface area contributed by atoms with Crippen molar-refractivity contribution in [1.82, 2.24) is 9.88 Å². The number of aryl methyl sites for hydroxylation is 1. The van der Waals surface area contributed by atoms with Crippen molar-refractivity contribution in [3.05, 3.63) is 47.3 Å². The highest BCUT2D eigenvalue weighted by Gasteiger charge is 2.30. The first-order valence-electron chi connectivity index (χ1n) is 7.59. The average molecular weight is 328 g/mol. The van der Waals surface area contributed by atoms with E-state index in [1.807, 2.05) is 6.07 Å². The van der Waals surface area contributed by atoms with Crippen LogP contribution < -0.4 is 0 Å². The van der Waals surface area contributed by atoms with Gasteiger partial charge in [0.15, 0.2) is 0 Å². The topological polar surface area (TPSA) is 79.5 Å². The van der Waals surface area contributed by atoms with Crippen LogP contribution in [-0.2, 0) is 9.53 Å². The Hall–Kier alpha value is -2.89. The Bertz CT molecular complexity index is 776. The molecule has 6 nitrogen and oxygen atoms in total. The second-order valence-electron chi connectivity index (χ2n) is 5.49. The minimum absolute atomic E-state index is 0.0976. The third kappa shape index (κ3) is 3.22. The van der Waals surface area contributed by atoms with Crippen molar-refractivity contribution in [3.8, 4) is 11.1 Å². The van der Waals surface area contributed by atoms with Crippen molar-refractivity contribution in [1.29, 1.82) is 0 Å². The maximum atomic E-state index is 12.6. The van der Waals surface area contributed by atoms with Gasteiger partial charge in [-0.15, -0.1) is 0 Å². The Morgan fingerprint density at radius 1 is 1.12 bits per heavy atom. The summed E-state index contributed by atoms with van der Waals surface area (Å²) in [7, 11) is 3.01. The summed E-state index contributed by atoms with van der Waals surface area (Å²) in [5.74, 6) is -1.89. The standard InChI is InChI=1S/C18H20N2O4/c1-5-24-18(23)13-11(2)19-15(16(21)17(22)20(3)4)14(13)12-9-7-6-8-10-12/h6-10,19H,5H2,1-4H3. The molecule has 126 valence electrons. The van der Waals surface area contributed by atoms with Gasteiger partial charge in [0.05, 0.1) is 12.2 Å². The van der Waals surface area contributed by atoms with Gasteiger partial charge in [0, 0.05) is 25.4 Å². The van der Waals surface area contributed by atoms with Crippen molar-refractivity contribution in [2.24, 2.45) is 0 Å². The summed E-state index contributed by atoms with van der Waals surface area (Å²) in [5, 5.41) is 0. The Balaban J connectivity index is 2.68. The van der Waals surface area contributed by atoms with Crippen LogP contribution in [0.5, 0.6) is 0 Å². The second kappa shape index (κ2) is 7.12. The lowest BCUT2D eigenvalue weighted by atomic mass is 9.98. The van der Waals surface area contributed by atoms with Crippen molar-refractivity contribution >= 4 is 17.7 Å². The summed E-state index contributed by atoms with van der Waals surface area (Å²) in [6.45, 7) is 3.61. The molecule has 0 bridgehead atoms. The van der Waals surface area contributed by atoms with Crippen LogP contribution in [0, 0.1) is 6.92 Å². The molecule has 1 amide bonds. The highest BCUT2D eigenvalue weighted by Crippen LogP contribution is 2.31. The van der Waals surface area contributed by atoms with Crippen molar-refractivity contribution in [2.45, 2.75) is 13.8 Å². The highest BCUT2D eigenvalue weighted by molar-refractivity contribution is 6.43. The molecule has 0 unspecified atom stereocenters. The van der Waals surface area contributed by atoms with Gasteiger partial charge >= 0.3 is 5.97 Å². The number of Topliss-reactive ketones (excluding diaryl/α,β-unsaturated/α-hetero) is 1. The highest BCUT2D eigenvalue weighted by atomic mass is 16.5. The second-order valence-corrected chi connectivity index (χ2v) is 5.49. The number of hydrogen-bond acceptors (Lipinski definition) is 4. The van der Waals surface area contributed by atoms with E-state index in [2.05, 4.69) is 4.98 Å². The molecule has 0 aliphatic rings. The van der Waals surface area contributed by atoms with E-state index in [9.17, 15) is 14.4 Å². The third-order valence-electron chi connectivity index (χ3n) is 3.56. The lowest BCUT2D eigenvalue weighted by molar-refractivity contribution is -0.124. The van der Waals surface area contributed by atoms with Crippen molar-refractivity contribution in [3.63, 3.8) is 0 Å². The summed E-state index contributed by atoms with van der Waals surface area (Å²) in [6, 6.07) is 8.99. The summed E-state index contributed by atoms with van der Waals surface area (Å²) in [6.07, 6.45) is 0. The number of ketones is 1. The number of nitrogens with zero attached hydrogens (tertiary/aromatic N) is 1. The Morgan fingerprint density at radius 3 is 2.29 bits per heavy atom. The molecule has 1 aromatic carbocycles. The fourth-order valence-corrected chi connectivity index (χ4v) is 2.46. The summed E-state index contributed by atoms with van der Waals surface area (Å²) >= 11 is 0. The van der Waals surface area contributed by atoms with E-state index in [0.717, 1.165) is 0 Å². The molecular formula is C18H20N2O4. The van der Waals surface area contributed by atoms with E-state index in [-0.39, 0.29) is 17.9 Å². The molecule has 1 N–H and O–H groups in total. The summed E-state index contributed by atoms with van der Waals surface area (Å²) < 4.78 is 5.11. The van der Waals surface area contributed by atoms with E-state index in [1.54, 1.807) is 38.1 Å². The zero-order chi connectivity index (χ0) is 17.9. The molecule has 0 atom stereocenters. The molecule has 0 aliphatic heterocycles. The fraction of sp³-hybridized carbons (Fsp3) is 0.278. The number of nitrogens with one attached hydrogen (secondary N) is 1. The molecule has 2 rings (SSSR count). The number of likely N-dealkylation sites (N-methyl/N-ethyl adjacent to an activating group) is 1. The van der Waals surface area contributed by atoms with Crippen LogP contribution in [0.2, 0.25) is 0 Å². The predicted molar refractivity (Wildman–Crippen MR) is 89.9 cm³/mol. The van der Waals surface area contributed by atoms with Crippen LogP contribution in [0.25, 0.3) is 11.1 Å². The van der Waals surface area contributed by atoms with Gasteiger partial charge in [-0.1, -0.05) is 30.3 Å². The molecule has 0 saturated heterocycles. The molecular weight excluding hydrogens is 308 g/mol. The van der Waals surface area contributed by atoms with Crippen molar-refractivity contribution in [2.75, 3.05) is 20.7 Å². The van der Waals surface area contributed by atoms with Crippen LogP contribution in [0.15, 0.2) is 30.3 Å². The molecule has 0 radical (unpaired) electrons. The number of carbonyl (C=O) groups excluding carboxylic acids is 3. The number of carbonyl (C=O) groups is 3. The van der Waals surface area contributed by atoms with Gasteiger partial charge < -0.3 is 14.6 Å². The number of aromatic nitrogens is 1. The summed E-state index contributed by atoms with van der Waals surface area (Å²) in [4.78, 5) is 41.1. The molecule has 0 fully saturated rings. The van der Waals surface area contributed by atoms with E-state index < -0.39 is 17.7 Å². The number of H-pyrrole nitrogens is 1. The van der Waals surface area contributed by atoms with Gasteiger partial charge in [0.2, 0.25) is 0 Å². The number of benzene rings is 1. The molecule has 0 saturated carbocycles. The molecule has 24 heavy (non-hydrogen) atoms. The largest absolute Gasteiger partial charge is 0.462 e. The molecule has 1 aromatic heterocycles. The lowest BCUT2D eigenvalue weighted by Gasteiger charge is -2.10. The summed E-state index contributed by atoms with van der Waals surface area (Å²) in [5.41, 5.74) is 1.92. The SMILES string of the molecule is CCOC(=O)c1c(C)[nH]c(C(=O)C(=O)N(C)C)c1-c1ccccc1. The number of amides is 1. The first-order valence-corrected chi connectivity index (χ1v) is 7.59. The number of ether oxygens (including phenoxy) is 1. The van der Waals surface area contributed by atoms with E-state index in [4.69, 9.17) is 4.74 Å². The smallest absolute Gasteiger partial charge is 0.340 e. The number of aromatic amines is 1. The predicted octanol–water partition coefficient (Wildman–Crippen LogP) is 2.44. The van der Waals surface area contributed by atoms with Crippen LogP contribution in [0.1, 0.15) is 33.5 Å². The van der Waals surface area contributed by atoms with Crippen molar-refractivity contribution < 1.29 is 19.1 Å². The normalized spacial score (nSPS) is 10.3. The lowest BCUT2D eigenvalue weighted by Crippen LogP contribution is -2.30. The Labute approximate surface area is 140 Å². The van der Waals surface area contributed by atoms with Crippen LogP contribution in [-0.4, -0.2) is 48.2 Å². The molecule has 0 spiro atoms. The van der Waals surface area contributed by atoms with Crippen LogP contribution >= 0.6 is 0 Å². The van der Waals surface area contributed by atoms with Crippen LogP contribution in [0.3, 0.4) is 0 Å². The molecule has 2 aromatic rings. The van der Waals surface area contributed by atoms with E-state index in [0.29, 0.717) is 16.8 Å². The van der Waals surface area contributed by atoms with Gasteiger partial charge in [-0.25, -0.2) is 4.79 Å². The third-order valence-corrected chi connectivity index (χ3v) is 3.56. The molecule has 0 aliphatic carbocycles. The minimum atomic E-state index is -0.697. The Morgan fingerprint density at radius 2 is 1.75 bits per heavy atom.